The van der Waals surface area contributed by atoms with Gasteiger partial charge in [0.1, 0.15) is 0 Å². The molecule has 0 unspecified atom stereocenters. The van der Waals surface area contributed by atoms with Gasteiger partial charge < -0.3 is 20.3 Å². The standard InChI is InChI=1S/C24H38N4O3/c1-3-5-23(29)26-20-6-7-22(28-12-8-19(2)9-13-28)21(18-20)24(30)25-10-4-11-27-14-16-31-17-15-27/h6-7,18-19H,3-5,8-17H2,1-2H3,(H,25,30)(H,26,29). The molecule has 0 radical (unpaired) electrons. The third kappa shape index (κ3) is 7.21. The Hall–Kier alpha value is -2.12. The first kappa shape index (κ1) is 23.5. The van der Waals surface area contributed by atoms with Gasteiger partial charge in [0.05, 0.1) is 18.8 Å². The summed E-state index contributed by atoms with van der Waals surface area (Å²) in [6, 6.07) is 5.73. The average molecular weight is 431 g/mol. The highest BCUT2D eigenvalue weighted by Crippen LogP contribution is 2.29. The van der Waals surface area contributed by atoms with Crippen LogP contribution in [0.3, 0.4) is 0 Å². The zero-order valence-corrected chi connectivity index (χ0v) is 19.1. The fourth-order valence-corrected chi connectivity index (χ4v) is 4.20. The van der Waals surface area contributed by atoms with Crippen LogP contribution >= 0.6 is 0 Å². The summed E-state index contributed by atoms with van der Waals surface area (Å²) in [6.07, 6.45) is 4.46. The van der Waals surface area contributed by atoms with E-state index in [0.29, 0.717) is 24.2 Å². The van der Waals surface area contributed by atoms with E-state index >= 15 is 0 Å². The van der Waals surface area contributed by atoms with E-state index in [1.54, 1.807) is 0 Å². The highest BCUT2D eigenvalue weighted by Gasteiger charge is 2.22. The number of ether oxygens (including phenoxy) is 1. The largest absolute Gasteiger partial charge is 0.379 e. The summed E-state index contributed by atoms with van der Waals surface area (Å²) in [5, 5.41) is 6.03. The van der Waals surface area contributed by atoms with Crippen molar-refractivity contribution in [3.63, 3.8) is 0 Å². The minimum absolute atomic E-state index is 0.0149. The molecule has 2 N–H and O–H groups in total. The molecule has 0 bridgehead atoms. The normalized spacial score (nSPS) is 18.1. The first-order chi connectivity index (χ1) is 15.1. The number of nitrogens with one attached hydrogen (secondary N) is 2. The molecule has 1 aromatic carbocycles. The number of rotatable bonds is 9. The number of morpholine rings is 1. The Morgan fingerprint density at radius 1 is 1.13 bits per heavy atom. The molecule has 31 heavy (non-hydrogen) atoms. The van der Waals surface area contributed by atoms with Crippen LogP contribution in [0.25, 0.3) is 0 Å². The average Bonchev–Trinajstić information content (AvgIpc) is 2.78. The van der Waals surface area contributed by atoms with Crippen molar-refractivity contribution >= 4 is 23.2 Å². The number of carbonyl (C=O) groups is 2. The first-order valence-electron chi connectivity index (χ1n) is 11.8. The van der Waals surface area contributed by atoms with Crippen LogP contribution in [-0.4, -0.2) is 69.2 Å². The predicted octanol–water partition coefficient (Wildman–Crippen LogP) is 3.11. The van der Waals surface area contributed by atoms with Gasteiger partial charge in [0.25, 0.3) is 5.91 Å². The first-order valence-corrected chi connectivity index (χ1v) is 11.8. The lowest BCUT2D eigenvalue weighted by molar-refractivity contribution is -0.116. The maximum Gasteiger partial charge on any atom is 0.253 e. The molecule has 2 fully saturated rings. The third-order valence-electron chi connectivity index (χ3n) is 6.17. The summed E-state index contributed by atoms with van der Waals surface area (Å²) in [4.78, 5) is 29.8. The van der Waals surface area contributed by atoms with Gasteiger partial charge in [-0.15, -0.1) is 0 Å². The summed E-state index contributed by atoms with van der Waals surface area (Å²) in [6.45, 7) is 11.3. The molecular weight excluding hydrogens is 392 g/mol. The zero-order chi connectivity index (χ0) is 22.1. The summed E-state index contributed by atoms with van der Waals surface area (Å²) in [5.41, 5.74) is 2.30. The Balaban J connectivity index is 1.64. The van der Waals surface area contributed by atoms with E-state index in [1.807, 2.05) is 25.1 Å². The Kier molecular flexibility index (Phi) is 9.15. The van der Waals surface area contributed by atoms with E-state index in [1.165, 1.54) is 0 Å². The van der Waals surface area contributed by atoms with Crippen molar-refractivity contribution in [2.24, 2.45) is 5.92 Å². The van der Waals surface area contributed by atoms with Crippen LogP contribution in [0.2, 0.25) is 0 Å². The molecule has 2 amide bonds. The van der Waals surface area contributed by atoms with Gasteiger partial charge in [-0.25, -0.2) is 0 Å². The van der Waals surface area contributed by atoms with E-state index < -0.39 is 0 Å². The van der Waals surface area contributed by atoms with Gasteiger partial charge in [-0.1, -0.05) is 13.8 Å². The number of hydrogen-bond acceptors (Lipinski definition) is 5. The zero-order valence-electron chi connectivity index (χ0n) is 19.1. The van der Waals surface area contributed by atoms with Crippen LogP contribution in [0, 0.1) is 5.92 Å². The number of benzene rings is 1. The van der Waals surface area contributed by atoms with E-state index in [4.69, 9.17) is 4.74 Å². The minimum Gasteiger partial charge on any atom is -0.379 e. The van der Waals surface area contributed by atoms with E-state index in [0.717, 1.165) is 83.2 Å². The summed E-state index contributed by atoms with van der Waals surface area (Å²) in [7, 11) is 0. The van der Waals surface area contributed by atoms with Crippen molar-refractivity contribution in [3.05, 3.63) is 23.8 Å². The molecule has 7 nitrogen and oxygen atoms in total. The van der Waals surface area contributed by atoms with Gasteiger partial charge in [-0.2, -0.15) is 0 Å². The minimum atomic E-state index is -0.0674. The Bertz CT molecular complexity index is 726. The van der Waals surface area contributed by atoms with Gasteiger partial charge in [-0.05, 0) is 56.3 Å². The van der Waals surface area contributed by atoms with Crippen molar-refractivity contribution in [1.82, 2.24) is 10.2 Å². The number of anilines is 2. The monoisotopic (exact) mass is 430 g/mol. The molecule has 2 aliphatic rings. The fraction of sp³-hybridized carbons (Fsp3) is 0.667. The number of hydrogen-bond donors (Lipinski definition) is 2. The van der Waals surface area contributed by atoms with Gasteiger partial charge in [-0.3, -0.25) is 14.5 Å². The maximum atomic E-state index is 13.1. The molecule has 0 atom stereocenters. The molecule has 0 aromatic heterocycles. The molecule has 172 valence electrons. The maximum absolute atomic E-state index is 13.1. The highest BCUT2D eigenvalue weighted by molar-refractivity contribution is 6.02. The molecule has 0 aliphatic carbocycles. The highest BCUT2D eigenvalue weighted by atomic mass is 16.5. The van der Waals surface area contributed by atoms with Gasteiger partial charge in [0, 0.05) is 50.5 Å². The fourth-order valence-electron chi connectivity index (χ4n) is 4.20. The quantitative estimate of drug-likeness (QED) is 0.589. The van der Waals surface area contributed by atoms with Gasteiger partial charge in [0.2, 0.25) is 5.91 Å². The topological polar surface area (TPSA) is 73.9 Å². The van der Waals surface area contributed by atoms with Crippen LogP contribution in [0.4, 0.5) is 11.4 Å². The lowest BCUT2D eigenvalue weighted by Crippen LogP contribution is -2.38. The SMILES string of the molecule is CCCC(=O)Nc1ccc(N2CCC(C)CC2)c(C(=O)NCCCN2CCOCC2)c1. The summed E-state index contributed by atoms with van der Waals surface area (Å²) >= 11 is 0. The van der Waals surface area contributed by atoms with Gasteiger partial charge >= 0.3 is 0 Å². The van der Waals surface area contributed by atoms with E-state index in [2.05, 4.69) is 27.4 Å². The summed E-state index contributed by atoms with van der Waals surface area (Å²) in [5.74, 6) is 0.641. The second-order valence-corrected chi connectivity index (χ2v) is 8.76. The van der Waals surface area contributed by atoms with Crippen molar-refractivity contribution in [2.75, 3.05) is 62.7 Å². The summed E-state index contributed by atoms with van der Waals surface area (Å²) < 4.78 is 5.39. The van der Waals surface area contributed by atoms with Crippen molar-refractivity contribution in [3.8, 4) is 0 Å². The molecule has 7 heteroatoms. The Morgan fingerprint density at radius 3 is 2.58 bits per heavy atom. The Labute approximate surface area is 186 Å². The van der Waals surface area contributed by atoms with E-state index in [-0.39, 0.29) is 11.8 Å². The van der Waals surface area contributed by atoms with Crippen molar-refractivity contribution < 1.29 is 14.3 Å². The molecule has 3 rings (SSSR count). The number of nitrogens with zero attached hydrogens (tertiary/aromatic N) is 2. The molecular formula is C24H38N4O3. The third-order valence-corrected chi connectivity index (χ3v) is 6.17. The van der Waals surface area contributed by atoms with Crippen LogP contribution in [0.15, 0.2) is 18.2 Å². The predicted molar refractivity (Wildman–Crippen MR) is 125 cm³/mol. The lowest BCUT2D eigenvalue weighted by atomic mass is 9.97. The van der Waals surface area contributed by atoms with Gasteiger partial charge in [0.15, 0.2) is 0 Å². The number of amides is 2. The second kappa shape index (κ2) is 12.1. The molecule has 2 saturated heterocycles. The molecule has 0 spiro atoms. The smallest absolute Gasteiger partial charge is 0.253 e. The van der Waals surface area contributed by atoms with Crippen LogP contribution in [0.1, 0.15) is 56.3 Å². The Morgan fingerprint density at radius 2 is 1.87 bits per heavy atom. The lowest BCUT2D eigenvalue weighted by Gasteiger charge is -2.33. The molecule has 1 aromatic rings. The molecule has 0 saturated carbocycles. The van der Waals surface area contributed by atoms with Crippen molar-refractivity contribution in [2.45, 2.75) is 46.0 Å². The van der Waals surface area contributed by atoms with Crippen LogP contribution in [0.5, 0.6) is 0 Å². The molecule has 2 heterocycles. The van der Waals surface area contributed by atoms with E-state index in [9.17, 15) is 9.59 Å². The van der Waals surface area contributed by atoms with Crippen LogP contribution in [-0.2, 0) is 9.53 Å². The number of piperidine rings is 1. The van der Waals surface area contributed by atoms with Crippen LogP contribution < -0.4 is 15.5 Å². The molecule has 2 aliphatic heterocycles. The second-order valence-electron chi connectivity index (χ2n) is 8.76. The number of carbonyl (C=O) groups excluding carboxylic acids is 2. The van der Waals surface area contributed by atoms with Crippen molar-refractivity contribution in [1.29, 1.82) is 0 Å².